The van der Waals surface area contributed by atoms with Gasteiger partial charge in [0.2, 0.25) is 0 Å². The maximum atomic E-state index is 4.81. The van der Waals surface area contributed by atoms with Gasteiger partial charge in [0.25, 0.3) is 0 Å². The Morgan fingerprint density at radius 2 is 0.582 bits per heavy atom. The van der Waals surface area contributed by atoms with E-state index in [9.17, 15) is 0 Å². The number of hydrogen-bond donors (Lipinski definition) is 0. The first-order chi connectivity index (χ1) is 25.4. The highest BCUT2D eigenvalue weighted by Gasteiger charge is 2.43. The summed E-state index contributed by atoms with van der Waals surface area (Å²) in [4.78, 5) is 0. The molecular formula is C50H47Br2Cl3. The van der Waals surface area contributed by atoms with Gasteiger partial charge in [0.15, 0.2) is 4.30 Å². The number of benzene rings is 6. The Bertz CT molecular complexity index is 2350. The molecule has 0 fully saturated rings. The molecule has 0 aliphatic heterocycles. The van der Waals surface area contributed by atoms with Crippen molar-refractivity contribution in [3.05, 3.63) is 163 Å². The molecule has 0 nitrogen and oxygen atoms in total. The van der Waals surface area contributed by atoms with Gasteiger partial charge >= 0.3 is 0 Å². The fourth-order valence-corrected chi connectivity index (χ4v) is 10.5. The van der Waals surface area contributed by atoms with Crippen molar-refractivity contribution in [3.8, 4) is 44.5 Å². The topological polar surface area (TPSA) is 0 Å². The third-order valence-electron chi connectivity index (χ3n) is 12.7. The average molecular weight is 914 g/mol. The van der Waals surface area contributed by atoms with Crippen molar-refractivity contribution in [2.24, 2.45) is 0 Å². The van der Waals surface area contributed by atoms with Crippen LogP contribution in [0.15, 0.2) is 118 Å². The van der Waals surface area contributed by atoms with Crippen LogP contribution in [0, 0.1) is 0 Å². The van der Waals surface area contributed by atoms with Crippen molar-refractivity contribution in [2.75, 3.05) is 0 Å². The van der Waals surface area contributed by atoms with E-state index in [-0.39, 0.29) is 29.1 Å². The van der Waals surface area contributed by atoms with E-state index in [1.165, 1.54) is 89.0 Å². The lowest BCUT2D eigenvalue weighted by Gasteiger charge is -2.24. The monoisotopic (exact) mass is 910 g/mol. The molecule has 0 atom stereocenters. The number of rotatable bonds is 0. The van der Waals surface area contributed by atoms with Gasteiger partial charge in [-0.2, -0.15) is 0 Å². The molecule has 0 N–H and O–H groups in total. The first-order valence-corrected chi connectivity index (χ1v) is 21.4. The average Bonchev–Trinajstić information content (AvgIpc) is 3.67. The zero-order chi connectivity index (χ0) is 38.7. The fourth-order valence-electron chi connectivity index (χ4n) is 9.80. The summed E-state index contributed by atoms with van der Waals surface area (Å²) in [5, 5.41) is 0. The largest absolute Gasteiger partial charge is 0.180 e. The second kappa shape index (κ2) is 13.9. The van der Waals surface area contributed by atoms with E-state index < -0.39 is 4.30 Å². The molecule has 0 bridgehead atoms. The molecule has 6 aromatic carbocycles. The van der Waals surface area contributed by atoms with Crippen LogP contribution in [0.2, 0.25) is 0 Å². The first kappa shape index (κ1) is 40.4. The third kappa shape index (κ3) is 6.20. The zero-order valence-electron chi connectivity index (χ0n) is 31.9. The Hall–Kier alpha value is -2.85. The minimum Gasteiger partial charge on any atom is -0.0874 e. The van der Waals surface area contributed by atoms with Crippen molar-refractivity contribution >= 4 is 66.7 Å². The van der Waals surface area contributed by atoms with E-state index in [0.717, 1.165) is 8.95 Å². The van der Waals surface area contributed by atoms with Crippen LogP contribution < -0.4 is 0 Å². The zero-order valence-corrected chi connectivity index (χ0v) is 37.3. The molecule has 0 amide bonds. The minimum atomic E-state index is -0.750. The van der Waals surface area contributed by atoms with Crippen LogP contribution in [0.3, 0.4) is 0 Å². The van der Waals surface area contributed by atoms with Crippen LogP contribution in [0.25, 0.3) is 44.5 Å². The Morgan fingerprint density at radius 1 is 0.345 bits per heavy atom. The lowest BCUT2D eigenvalue weighted by Crippen LogP contribution is -2.17. The molecule has 5 heteroatoms. The lowest BCUT2D eigenvalue weighted by atomic mass is 9.79. The quantitative estimate of drug-likeness (QED) is 0.133. The SMILES string of the molecule is C.CC1(C)c2cc(Br)ccc2-c2cc3c(cc21)-c1ccc(Br)cc1C3(C)C.CC1(C)c2ccccc2-c2cc3c(cc21)-c1ccccc1C3(C)C.ClC(Cl)Cl. The highest BCUT2D eigenvalue weighted by molar-refractivity contribution is 9.10. The molecule has 0 saturated heterocycles. The summed E-state index contributed by atoms with van der Waals surface area (Å²) < 4.78 is 1.56. The summed E-state index contributed by atoms with van der Waals surface area (Å²) in [6.07, 6.45) is 0. The van der Waals surface area contributed by atoms with E-state index in [2.05, 4.69) is 196 Å². The third-order valence-corrected chi connectivity index (χ3v) is 13.7. The standard InChI is InChI=1S/C24H20Br2.C24H22.CHCl3.CH4/c1-23(2)19-9-13(25)5-7-15(19)17-12-22-18(11-21(17)23)16-8-6-14(26)10-20(16)24(22,3)4;1-23(2)19-11-7-5-9-15(19)17-14-22-18(13-21(17)23)16-10-6-8-12-20(16)24(22,3)4;2-1(3)4;/h5-12H,1-4H3;5-14H,1-4H3;1H;1H4. The predicted octanol–water partition coefficient (Wildman–Crippen LogP) is 16.7. The Labute approximate surface area is 359 Å². The van der Waals surface area contributed by atoms with E-state index in [1.54, 1.807) is 0 Å². The van der Waals surface area contributed by atoms with Gasteiger partial charge in [-0.25, -0.2) is 0 Å². The van der Waals surface area contributed by atoms with Crippen LogP contribution in [-0.4, -0.2) is 4.30 Å². The Kier molecular flexibility index (Phi) is 10.2. The van der Waals surface area contributed by atoms with Crippen LogP contribution in [-0.2, 0) is 21.7 Å². The van der Waals surface area contributed by atoms with Crippen LogP contribution in [0.1, 0.15) is 107 Å². The van der Waals surface area contributed by atoms with E-state index in [4.69, 9.17) is 34.8 Å². The van der Waals surface area contributed by atoms with Gasteiger partial charge in [-0.1, -0.05) is 190 Å². The molecular weight excluding hydrogens is 867 g/mol. The maximum Gasteiger partial charge on any atom is 0.180 e. The van der Waals surface area contributed by atoms with Crippen molar-refractivity contribution in [3.63, 3.8) is 0 Å². The predicted molar refractivity (Wildman–Crippen MR) is 247 cm³/mol. The molecule has 10 rings (SSSR count). The highest BCUT2D eigenvalue weighted by atomic mass is 79.9. The molecule has 282 valence electrons. The van der Waals surface area contributed by atoms with E-state index >= 15 is 0 Å². The molecule has 4 aliphatic rings. The van der Waals surface area contributed by atoms with Crippen molar-refractivity contribution in [1.82, 2.24) is 0 Å². The van der Waals surface area contributed by atoms with E-state index in [0.29, 0.717) is 0 Å². The number of halogens is 5. The normalized spacial score (nSPS) is 16.7. The molecule has 6 aromatic rings. The lowest BCUT2D eigenvalue weighted by molar-refractivity contribution is 0.651. The van der Waals surface area contributed by atoms with Crippen molar-refractivity contribution in [2.45, 2.75) is 88.8 Å². The van der Waals surface area contributed by atoms with Gasteiger partial charge in [0, 0.05) is 30.6 Å². The Balaban J connectivity index is 0.000000152. The maximum absolute atomic E-state index is 4.81. The number of hydrogen-bond acceptors (Lipinski definition) is 0. The van der Waals surface area contributed by atoms with Crippen molar-refractivity contribution in [1.29, 1.82) is 0 Å². The van der Waals surface area contributed by atoms with Gasteiger partial charge < -0.3 is 0 Å². The summed E-state index contributed by atoms with van der Waals surface area (Å²) >= 11 is 21.7. The van der Waals surface area contributed by atoms with Gasteiger partial charge in [0.05, 0.1) is 0 Å². The molecule has 0 aromatic heterocycles. The molecule has 55 heavy (non-hydrogen) atoms. The first-order valence-electron chi connectivity index (χ1n) is 18.5. The molecule has 4 aliphatic carbocycles. The smallest absolute Gasteiger partial charge is 0.0874 e. The summed E-state index contributed by atoms with van der Waals surface area (Å²) in [7, 11) is 0. The van der Waals surface area contributed by atoms with E-state index in [1.807, 2.05) is 0 Å². The van der Waals surface area contributed by atoms with Crippen molar-refractivity contribution < 1.29 is 0 Å². The second-order valence-corrected chi connectivity index (χ2v) is 20.9. The second-order valence-electron chi connectivity index (χ2n) is 17.1. The summed E-state index contributed by atoms with van der Waals surface area (Å²) in [6.45, 7) is 18.8. The van der Waals surface area contributed by atoms with Gasteiger partial charge in [-0.15, -0.1) is 0 Å². The highest BCUT2D eigenvalue weighted by Crippen LogP contribution is 2.58. The molecule has 0 spiro atoms. The fraction of sp³-hybridized carbons (Fsp3) is 0.280. The summed E-state index contributed by atoms with van der Waals surface area (Å²) in [5.74, 6) is 0. The van der Waals surface area contributed by atoms with Crippen LogP contribution in [0.5, 0.6) is 0 Å². The summed E-state index contributed by atoms with van der Waals surface area (Å²) in [6, 6.07) is 41.1. The minimum absolute atomic E-state index is 0. The van der Waals surface area contributed by atoms with Gasteiger partial charge in [-0.3, -0.25) is 0 Å². The molecule has 0 radical (unpaired) electrons. The van der Waals surface area contributed by atoms with Crippen LogP contribution >= 0.6 is 66.7 Å². The number of fused-ring (bicyclic) bond motifs is 12. The molecule has 0 heterocycles. The van der Waals surface area contributed by atoms with Gasteiger partial charge in [-0.05, 0) is 138 Å². The summed E-state index contributed by atoms with van der Waals surface area (Å²) in [5.41, 5.74) is 23.0. The Morgan fingerprint density at radius 3 is 0.891 bits per heavy atom. The molecule has 0 saturated carbocycles. The van der Waals surface area contributed by atoms with Gasteiger partial charge in [0.1, 0.15) is 0 Å². The molecule has 0 unspecified atom stereocenters. The number of alkyl halides is 3. The van der Waals surface area contributed by atoms with Crippen LogP contribution in [0.4, 0.5) is 0 Å².